The molecule has 6 nitrogen and oxygen atoms in total. The molecule has 5 rings (SSSR count). The fourth-order valence-corrected chi connectivity index (χ4v) is 3.75. The Bertz CT molecular complexity index is 1220. The van der Waals surface area contributed by atoms with E-state index < -0.39 is 0 Å². The third kappa shape index (κ3) is 3.08. The van der Waals surface area contributed by atoms with Crippen molar-refractivity contribution < 1.29 is 13.6 Å². The van der Waals surface area contributed by atoms with Crippen molar-refractivity contribution in [1.29, 1.82) is 0 Å². The summed E-state index contributed by atoms with van der Waals surface area (Å²) in [5, 5.41) is 3.57. The second kappa shape index (κ2) is 6.79. The van der Waals surface area contributed by atoms with E-state index in [4.69, 9.17) is 8.83 Å². The molecule has 0 bridgehead atoms. The smallest absolute Gasteiger partial charge is 0.291 e. The Balaban J connectivity index is 1.33. The number of amides is 1. The molecule has 0 aliphatic carbocycles. The summed E-state index contributed by atoms with van der Waals surface area (Å²) in [7, 11) is 0. The van der Waals surface area contributed by atoms with Crippen molar-refractivity contribution in [1.82, 2.24) is 9.97 Å². The van der Waals surface area contributed by atoms with Crippen LogP contribution in [0, 0.1) is 0 Å². The van der Waals surface area contributed by atoms with Crippen LogP contribution < -0.4 is 5.32 Å². The molecule has 0 spiro atoms. The molecule has 1 amide bonds. The molecule has 2 aromatic carbocycles. The van der Waals surface area contributed by atoms with Crippen molar-refractivity contribution >= 4 is 33.1 Å². The second-order valence-electron chi connectivity index (χ2n) is 6.05. The third-order valence-corrected chi connectivity index (χ3v) is 5.25. The first-order valence-corrected chi connectivity index (χ1v) is 9.34. The minimum absolute atomic E-state index is 0.230. The molecule has 0 aliphatic heterocycles. The van der Waals surface area contributed by atoms with Crippen LogP contribution in [-0.4, -0.2) is 15.9 Å². The van der Waals surface area contributed by atoms with E-state index in [2.05, 4.69) is 15.3 Å². The van der Waals surface area contributed by atoms with Gasteiger partial charge in [0.1, 0.15) is 0 Å². The van der Waals surface area contributed by atoms with Gasteiger partial charge in [-0.1, -0.05) is 12.1 Å². The van der Waals surface area contributed by atoms with E-state index in [1.54, 1.807) is 30.5 Å². The maximum absolute atomic E-state index is 12.5. The van der Waals surface area contributed by atoms with Crippen molar-refractivity contribution in [3.8, 4) is 22.1 Å². The molecule has 136 valence electrons. The number of thiazole rings is 1. The predicted molar refractivity (Wildman–Crippen MR) is 107 cm³/mol. The van der Waals surface area contributed by atoms with Crippen molar-refractivity contribution in [2.75, 3.05) is 5.32 Å². The molecule has 0 aliphatic rings. The Kier molecular flexibility index (Phi) is 3.99. The summed E-state index contributed by atoms with van der Waals surface area (Å²) >= 11 is 1.53. The number of carbonyl (C=O) groups excluding carboxylic acids is 1. The first-order chi connectivity index (χ1) is 13.8. The molecule has 3 aromatic heterocycles. The lowest BCUT2D eigenvalue weighted by molar-refractivity contribution is 0.0997. The number of hydrogen-bond acceptors (Lipinski definition) is 6. The predicted octanol–water partition coefficient (Wildman–Crippen LogP) is 5.46. The van der Waals surface area contributed by atoms with Crippen LogP contribution in [0.4, 0.5) is 5.69 Å². The first kappa shape index (κ1) is 16.5. The van der Waals surface area contributed by atoms with E-state index in [9.17, 15) is 4.79 Å². The minimum Gasteiger partial charge on any atom is -0.448 e. The number of anilines is 1. The van der Waals surface area contributed by atoms with Gasteiger partial charge in [0.05, 0.1) is 16.4 Å². The molecule has 0 radical (unpaired) electrons. The van der Waals surface area contributed by atoms with Gasteiger partial charge in [0.15, 0.2) is 28.7 Å². The van der Waals surface area contributed by atoms with Gasteiger partial charge in [0.2, 0.25) is 0 Å². The van der Waals surface area contributed by atoms with E-state index >= 15 is 0 Å². The van der Waals surface area contributed by atoms with Crippen LogP contribution in [0.2, 0.25) is 0 Å². The summed E-state index contributed by atoms with van der Waals surface area (Å²) in [6.07, 6.45) is 3.02. The number of carbonyl (C=O) groups is 1. The lowest BCUT2D eigenvalue weighted by Gasteiger charge is -2.04. The van der Waals surface area contributed by atoms with Gasteiger partial charge in [0.25, 0.3) is 5.91 Å². The highest BCUT2D eigenvalue weighted by Crippen LogP contribution is 2.31. The highest BCUT2D eigenvalue weighted by Gasteiger charge is 2.15. The van der Waals surface area contributed by atoms with Crippen LogP contribution in [0.25, 0.3) is 32.3 Å². The maximum atomic E-state index is 12.5. The molecule has 28 heavy (non-hydrogen) atoms. The fourth-order valence-electron chi connectivity index (χ4n) is 2.82. The molecule has 1 N–H and O–H groups in total. The van der Waals surface area contributed by atoms with Crippen molar-refractivity contribution in [3.05, 3.63) is 79.0 Å². The standard InChI is InChI=1S/C21H13N3O3S/c25-20(23-14-7-5-13(6-8-14)18-11-22-12-26-18)16-9-10-17(27-16)21-24-15-3-1-2-4-19(15)28-21/h1-12H,(H,23,25). The number of furan rings is 1. The van der Waals surface area contributed by atoms with Gasteiger partial charge in [-0.3, -0.25) is 4.79 Å². The summed E-state index contributed by atoms with van der Waals surface area (Å²) in [6.45, 7) is 0. The number of oxazole rings is 1. The number of benzene rings is 2. The number of nitrogens with zero attached hydrogens (tertiary/aromatic N) is 2. The van der Waals surface area contributed by atoms with Gasteiger partial charge >= 0.3 is 0 Å². The number of aromatic nitrogens is 2. The molecule has 3 heterocycles. The van der Waals surface area contributed by atoms with E-state index in [1.165, 1.54) is 17.7 Å². The van der Waals surface area contributed by atoms with Gasteiger partial charge < -0.3 is 14.2 Å². The lowest BCUT2D eigenvalue weighted by Crippen LogP contribution is -2.10. The molecule has 0 unspecified atom stereocenters. The second-order valence-corrected chi connectivity index (χ2v) is 7.08. The summed E-state index contributed by atoms with van der Waals surface area (Å²) in [4.78, 5) is 20.9. The average molecular weight is 387 g/mol. The Morgan fingerprint density at radius 1 is 0.964 bits per heavy atom. The number of nitrogens with one attached hydrogen (secondary N) is 1. The van der Waals surface area contributed by atoms with Gasteiger partial charge in [-0.05, 0) is 48.5 Å². The quantitative estimate of drug-likeness (QED) is 0.443. The van der Waals surface area contributed by atoms with Crippen molar-refractivity contribution in [3.63, 3.8) is 0 Å². The number of hydrogen-bond donors (Lipinski definition) is 1. The fraction of sp³-hybridized carbons (Fsp3) is 0. The molecule has 0 saturated carbocycles. The summed E-state index contributed by atoms with van der Waals surface area (Å²) in [6, 6.07) is 18.6. The maximum Gasteiger partial charge on any atom is 0.291 e. The molecular formula is C21H13N3O3S. The number of para-hydroxylation sites is 1. The zero-order valence-corrected chi connectivity index (χ0v) is 15.3. The Morgan fingerprint density at radius 3 is 2.61 bits per heavy atom. The van der Waals surface area contributed by atoms with E-state index in [0.717, 1.165) is 20.8 Å². The molecule has 0 atom stereocenters. The Labute approximate surface area is 163 Å². The lowest BCUT2D eigenvalue weighted by atomic mass is 10.1. The van der Waals surface area contributed by atoms with E-state index in [0.29, 0.717) is 17.2 Å². The van der Waals surface area contributed by atoms with Crippen LogP contribution in [0.5, 0.6) is 0 Å². The zero-order chi connectivity index (χ0) is 18.9. The highest BCUT2D eigenvalue weighted by atomic mass is 32.1. The molecular weight excluding hydrogens is 374 g/mol. The first-order valence-electron chi connectivity index (χ1n) is 8.52. The van der Waals surface area contributed by atoms with Crippen LogP contribution in [0.1, 0.15) is 10.6 Å². The Morgan fingerprint density at radius 2 is 1.82 bits per heavy atom. The largest absolute Gasteiger partial charge is 0.448 e. The monoisotopic (exact) mass is 387 g/mol. The summed E-state index contributed by atoms with van der Waals surface area (Å²) < 4.78 is 12.1. The SMILES string of the molecule is O=C(Nc1ccc(-c2cnco2)cc1)c1ccc(-c2nc3ccccc3s2)o1. The molecule has 5 aromatic rings. The van der Waals surface area contributed by atoms with Crippen LogP contribution in [-0.2, 0) is 0 Å². The van der Waals surface area contributed by atoms with Crippen molar-refractivity contribution in [2.24, 2.45) is 0 Å². The normalized spacial score (nSPS) is 11.0. The molecule has 7 heteroatoms. The third-order valence-electron chi connectivity index (χ3n) is 4.19. The van der Waals surface area contributed by atoms with Crippen LogP contribution >= 0.6 is 11.3 Å². The van der Waals surface area contributed by atoms with Gasteiger partial charge in [-0.25, -0.2) is 9.97 Å². The van der Waals surface area contributed by atoms with Gasteiger partial charge in [0, 0.05) is 11.3 Å². The summed E-state index contributed by atoms with van der Waals surface area (Å²) in [5.41, 5.74) is 2.45. The van der Waals surface area contributed by atoms with Gasteiger partial charge in [-0.15, -0.1) is 11.3 Å². The average Bonchev–Trinajstić information content (AvgIpc) is 3.48. The minimum atomic E-state index is -0.320. The number of rotatable bonds is 4. The number of fused-ring (bicyclic) bond motifs is 1. The van der Waals surface area contributed by atoms with Crippen LogP contribution in [0.15, 0.2) is 82.1 Å². The van der Waals surface area contributed by atoms with Crippen molar-refractivity contribution in [2.45, 2.75) is 0 Å². The summed E-state index contributed by atoms with van der Waals surface area (Å²) in [5.74, 6) is 1.16. The zero-order valence-electron chi connectivity index (χ0n) is 14.5. The molecule has 0 fully saturated rings. The van der Waals surface area contributed by atoms with Gasteiger partial charge in [-0.2, -0.15) is 0 Å². The van der Waals surface area contributed by atoms with E-state index in [1.807, 2.05) is 36.4 Å². The topological polar surface area (TPSA) is 81.2 Å². The van der Waals surface area contributed by atoms with E-state index in [-0.39, 0.29) is 11.7 Å². The van der Waals surface area contributed by atoms with Crippen LogP contribution in [0.3, 0.4) is 0 Å². The highest BCUT2D eigenvalue weighted by molar-refractivity contribution is 7.21. The molecule has 0 saturated heterocycles. The Hall–Kier alpha value is -3.71.